The van der Waals surface area contributed by atoms with Gasteiger partial charge in [-0.15, -0.1) is 0 Å². The Morgan fingerprint density at radius 2 is 1.75 bits per heavy atom. The zero-order chi connectivity index (χ0) is 14.5. The summed E-state index contributed by atoms with van der Waals surface area (Å²) in [6.45, 7) is 2.46. The number of ketones is 1. The highest BCUT2D eigenvalue weighted by atomic mass is 35.5. The zero-order valence-corrected chi connectivity index (χ0v) is 12.5. The van der Waals surface area contributed by atoms with Crippen molar-refractivity contribution >= 4 is 29.0 Å². The highest BCUT2D eigenvalue weighted by Crippen LogP contribution is 2.26. The summed E-state index contributed by atoms with van der Waals surface area (Å²) in [7, 11) is 0. The minimum atomic E-state index is -0.0402. The average Bonchev–Trinajstić information content (AvgIpc) is 2.43. The van der Waals surface area contributed by atoms with E-state index in [2.05, 4.69) is 0 Å². The molecular formula is C16H14Cl2O2. The third kappa shape index (κ3) is 3.53. The lowest BCUT2D eigenvalue weighted by Crippen LogP contribution is -2.05. The van der Waals surface area contributed by atoms with Crippen LogP contribution in [-0.4, -0.2) is 12.4 Å². The number of carbonyl (C=O) groups excluding carboxylic acids is 1. The molecule has 0 radical (unpaired) electrons. The molecule has 0 fully saturated rings. The second-order valence-corrected chi connectivity index (χ2v) is 5.08. The second kappa shape index (κ2) is 6.78. The molecule has 2 aromatic rings. The second-order valence-electron chi connectivity index (χ2n) is 4.26. The highest BCUT2D eigenvalue weighted by molar-refractivity contribution is 6.36. The number of hydrogen-bond donors (Lipinski definition) is 0. The summed E-state index contributed by atoms with van der Waals surface area (Å²) in [6, 6.07) is 12.3. The maximum atomic E-state index is 12.3. The smallest absolute Gasteiger partial charge is 0.167 e. The van der Waals surface area contributed by atoms with Crippen LogP contribution in [0.5, 0.6) is 5.75 Å². The summed E-state index contributed by atoms with van der Waals surface area (Å²) >= 11 is 12.2. The molecule has 2 nitrogen and oxygen atoms in total. The molecule has 0 N–H and O–H groups in total. The predicted octanol–water partition coefficient (Wildman–Crippen LogP) is 4.82. The van der Waals surface area contributed by atoms with Crippen molar-refractivity contribution in [2.24, 2.45) is 0 Å². The Morgan fingerprint density at radius 3 is 2.40 bits per heavy atom. The Kier molecular flexibility index (Phi) is 5.05. The Hall–Kier alpha value is -1.51. The molecular weight excluding hydrogens is 295 g/mol. The molecule has 0 aromatic heterocycles. The van der Waals surface area contributed by atoms with Crippen molar-refractivity contribution in [1.82, 2.24) is 0 Å². The monoisotopic (exact) mass is 308 g/mol. The minimum absolute atomic E-state index is 0.0402. The van der Waals surface area contributed by atoms with E-state index in [1.54, 1.807) is 36.4 Å². The van der Waals surface area contributed by atoms with E-state index in [1.165, 1.54) is 0 Å². The average molecular weight is 309 g/mol. The number of hydrogen-bond acceptors (Lipinski definition) is 2. The van der Waals surface area contributed by atoms with Gasteiger partial charge < -0.3 is 4.74 Å². The first-order valence-electron chi connectivity index (χ1n) is 6.30. The molecule has 0 saturated carbocycles. The number of ether oxygens (including phenoxy) is 1. The van der Waals surface area contributed by atoms with Crippen molar-refractivity contribution in [2.45, 2.75) is 13.3 Å². The SMILES string of the molecule is CCOc1cccc(C(=O)Cc2c(Cl)cccc2Cl)c1. The van der Waals surface area contributed by atoms with Gasteiger partial charge in [0.15, 0.2) is 5.78 Å². The van der Waals surface area contributed by atoms with Crippen LogP contribution in [-0.2, 0) is 6.42 Å². The summed E-state index contributed by atoms with van der Waals surface area (Å²) in [5.74, 6) is 0.644. The van der Waals surface area contributed by atoms with Crippen molar-refractivity contribution < 1.29 is 9.53 Å². The Bertz CT molecular complexity index is 603. The van der Waals surface area contributed by atoms with Crippen LogP contribution in [0.2, 0.25) is 10.0 Å². The largest absolute Gasteiger partial charge is 0.494 e. The van der Waals surface area contributed by atoms with Gasteiger partial charge in [-0.2, -0.15) is 0 Å². The van der Waals surface area contributed by atoms with E-state index in [0.29, 0.717) is 33.5 Å². The molecule has 0 atom stereocenters. The summed E-state index contributed by atoms with van der Waals surface area (Å²) in [4.78, 5) is 12.3. The molecule has 0 saturated heterocycles. The van der Waals surface area contributed by atoms with Gasteiger partial charge in [-0.05, 0) is 36.8 Å². The van der Waals surface area contributed by atoms with Crippen molar-refractivity contribution in [3.63, 3.8) is 0 Å². The lowest BCUT2D eigenvalue weighted by Gasteiger charge is -2.08. The number of rotatable bonds is 5. The number of benzene rings is 2. The maximum absolute atomic E-state index is 12.3. The van der Waals surface area contributed by atoms with Crippen LogP contribution in [0.4, 0.5) is 0 Å². The fourth-order valence-electron chi connectivity index (χ4n) is 1.89. The number of halogens is 2. The van der Waals surface area contributed by atoms with Crippen LogP contribution >= 0.6 is 23.2 Å². The van der Waals surface area contributed by atoms with Gasteiger partial charge in [0, 0.05) is 22.0 Å². The first-order chi connectivity index (χ1) is 9.61. The van der Waals surface area contributed by atoms with Crippen LogP contribution in [0.15, 0.2) is 42.5 Å². The summed E-state index contributed by atoms with van der Waals surface area (Å²) in [5, 5.41) is 1.01. The van der Waals surface area contributed by atoms with E-state index in [9.17, 15) is 4.79 Å². The lowest BCUT2D eigenvalue weighted by molar-refractivity contribution is 0.0992. The topological polar surface area (TPSA) is 26.3 Å². The van der Waals surface area contributed by atoms with Crippen molar-refractivity contribution in [2.75, 3.05) is 6.61 Å². The lowest BCUT2D eigenvalue weighted by atomic mass is 10.0. The van der Waals surface area contributed by atoms with Crippen molar-refractivity contribution in [1.29, 1.82) is 0 Å². The molecule has 0 heterocycles. The van der Waals surface area contributed by atoms with E-state index < -0.39 is 0 Å². The zero-order valence-electron chi connectivity index (χ0n) is 11.0. The molecule has 4 heteroatoms. The van der Waals surface area contributed by atoms with E-state index in [0.717, 1.165) is 0 Å². The van der Waals surface area contributed by atoms with Crippen LogP contribution in [0.3, 0.4) is 0 Å². The third-order valence-corrected chi connectivity index (χ3v) is 3.57. The number of Topliss-reactive ketones (excluding diaryl/α,β-unsaturated/α-hetero) is 1. The predicted molar refractivity (Wildman–Crippen MR) is 82.1 cm³/mol. The first kappa shape index (κ1) is 14.9. The quantitative estimate of drug-likeness (QED) is 0.740. The highest BCUT2D eigenvalue weighted by Gasteiger charge is 2.13. The molecule has 0 aliphatic heterocycles. The minimum Gasteiger partial charge on any atom is -0.494 e. The summed E-state index contributed by atoms with van der Waals surface area (Å²) < 4.78 is 5.39. The molecule has 20 heavy (non-hydrogen) atoms. The van der Waals surface area contributed by atoms with Crippen LogP contribution in [0.25, 0.3) is 0 Å². The van der Waals surface area contributed by atoms with Gasteiger partial charge in [0.2, 0.25) is 0 Å². The molecule has 2 rings (SSSR count). The molecule has 0 bridgehead atoms. The van der Waals surface area contributed by atoms with E-state index in [1.807, 2.05) is 13.0 Å². The molecule has 2 aromatic carbocycles. The van der Waals surface area contributed by atoms with Gasteiger partial charge >= 0.3 is 0 Å². The molecule has 0 aliphatic carbocycles. The molecule has 0 amide bonds. The molecule has 0 unspecified atom stereocenters. The van der Waals surface area contributed by atoms with Gasteiger partial charge in [0.05, 0.1) is 6.61 Å². The normalized spacial score (nSPS) is 10.3. The van der Waals surface area contributed by atoms with Gasteiger partial charge in [0.25, 0.3) is 0 Å². The van der Waals surface area contributed by atoms with Gasteiger partial charge in [-0.25, -0.2) is 0 Å². The Balaban J connectivity index is 2.22. The Morgan fingerprint density at radius 1 is 1.10 bits per heavy atom. The van der Waals surface area contributed by atoms with Crippen molar-refractivity contribution in [3.8, 4) is 5.75 Å². The van der Waals surface area contributed by atoms with E-state index in [4.69, 9.17) is 27.9 Å². The molecule has 0 spiro atoms. The van der Waals surface area contributed by atoms with Gasteiger partial charge in [0.1, 0.15) is 5.75 Å². The van der Waals surface area contributed by atoms with Gasteiger partial charge in [-0.3, -0.25) is 4.79 Å². The molecule has 104 valence electrons. The van der Waals surface area contributed by atoms with Crippen LogP contribution < -0.4 is 4.74 Å². The van der Waals surface area contributed by atoms with Gasteiger partial charge in [-0.1, -0.05) is 41.4 Å². The standard InChI is InChI=1S/C16H14Cl2O2/c1-2-20-12-6-3-5-11(9-12)16(19)10-13-14(17)7-4-8-15(13)18/h3-9H,2,10H2,1H3. The fraction of sp³-hybridized carbons (Fsp3) is 0.188. The Labute approximate surface area is 128 Å². The fourth-order valence-corrected chi connectivity index (χ4v) is 2.42. The van der Waals surface area contributed by atoms with E-state index in [-0.39, 0.29) is 12.2 Å². The van der Waals surface area contributed by atoms with Crippen LogP contribution in [0.1, 0.15) is 22.8 Å². The first-order valence-corrected chi connectivity index (χ1v) is 7.06. The van der Waals surface area contributed by atoms with E-state index >= 15 is 0 Å². The third-order valence-electron chi connectivity index (χ3n) is 2.87. The van der Waals surface area contributed by atoms with Crippen molar-refractivity contribution in [3.05, 3.63) is 63.6 Å². The molecule has 0 aliphatic rings. The summed E-state index contributed by atoms with van der Waals surface area (Å²) in [5.41, 5.74) is 1.24. The maximum Gasteiger partial charge on any atom is 0.167 e. The number of carbonyl (C=O) groups is 1. The summed E-state index contributed by atoms with van der Waals surface area (Å²) in [6.07, 6.45) is 0.175. The van der Waals surface area contributed by atoms with Crippen LogP contribution in [0, 0.1) is 0 Å².